The van der Waals surface area contributed by atoms with E-state index in [0.717, 1.165) is 5.76 Å². The smallest absolute Gasteiger partial charge is 0.226 e. The average Bonchev–Trinajstić information content (AvgIpc) is 2.97. The van der Waals surface area contributed by atoms with Crippen LogP contribution in [0.3, 0.4) is 0 Å². The van der Waals surface area contributed by atoms with E-state index >= 15 is 0 Å². The molecule has 0 aliphatic rings. The first kappa shape index (κ1) is 11.0. The maximum Gasteiger partial charge on any atom is 0.226 e. The summed E-state index contributed by atoms with van der Waals surface area (Å²) in [5.41, 5.74) is 1.38. The fraction of sp³-hybridized carbons (Fsp3) is 0.182. The SMILES string of the molecule is Cn1cnc2c(NCc3ccco3)nc(Cl)nc21. The molecule has 0 aliphatic heterocycles. The third-order valence-corrected chi connectivity index (χ3v) is 2.71. The number of furan rings is 1. The third-order valence-electron chi connectivity index (χ3n) is 2.54. The molecule has 0 unspecified atom stereocenters. The monoisotopic (exact) mass is 263 g/mol. The van der Waals surface area contributed by atoms with Gasteiger partial charge in [-0.2, -0.15) is 9.97 Å². The van der Waals surface area contributed by atoms with Crippen LogP contribution in [0.5, 0.6) is 0 Å². The molecule has 3 aromatic heterocycles. The van der Waals surface area contributed by atoms with Gasteiger partial charge in [0.2, 0.25) is 5.28 Å². The van der Waals surface area contributed by atoms with Gasteiger partial charge in [0.25, 0.3) is 0 Å². The molecule has 3 aromatic rings. The Bertz CT molecular complexity index is 676. The van der Waals surface area contributed by atoms with E-state index in [-0.39, 0.29) is 5.28 Å². The summed E-state index contributed by atoms with van der Waals surface area (Å²) in [7, 11) is 1.86. The quantitative estimate of drug-likeness (QED) is 0.734. The van der Waals surface area contributed by atoms with Gasteiger partial charge in [0.1, 0.15) is 5.76 Å². The summed E-state index contributed by atoms with van der Waals surface area (Å²) in [6.45, 7) is 0.520. The van der Waals surface area contributed by atoms with E-state index in [1.54, 1.807) is 17.2 Å². The highest BCUT2D eigenvalue weighted by molar-refractivity contribution is 6.28. The lowest BCUT2D eigenvalue weighted by molar-refractivity contribution is 0.518. The number of hydrogen-bond acceptors (Lipinski definition) is 5. The number of aryl methyl sites for hydroxylation is 1. The first-order valence-electron chi connectivity index (χ1n) is 5.35. The number of aromatic nitrogens is 4. The van der Waals surface area contributed by atoms with Crippen molar-refractivity contribution in [3.05, 3.63) is 35.8 Å². The molecule has 3 heterocycles. The first-order valence-corrected chi connectivity index (χ1v) is 5.72. The van der Waals surface area contributed by atoms with E-state index < -0.39 is 0 Å². The lowest BCUT2D eigenvalue weighted by Crippen LogP contribution is -2.03. The Kier molecular flexibility index (Phi) is 2.64. The van der Waals surface area contributed by atoms with Crippen molar-refractivity contribution >= 4 is 28.6 Å². The van der Waals surface area contributed by atoms with Crippen LogP contribution in [0.1, 0.15) is 5.76 Å². The van der Waals surface area contributed by atoms with Crippen molar-refractivity contribution in [3.63, 3.8) is 0 Å². The van der Waals surface area contributed by atoms with Gasteiger partial charge < -0.3 is 14.3 Å². The van der Waals surface area contributed by atoms with Gasteiger partial charge in [0.15, 0.2) is 17.0 Å². The van der Waals surface area contributed by atoms with Crippen LogP contribution in [0.2, 0.25) is 5.28 Å². The average molecular weight is 264 g/mol. The van der Waals surface area contributed by atoms with Crippen LogP contribution in [0.4, 0.5) is 5.82 Å². The van der Waals surface area contributed by atoms with E-state index in [0.29, 0.717) is 23.5 Å². The van der Waals surface area contributed by atoms with Gasteiger partial charge in [0, 0.05) is 7.05 Å². The number of nitrogens with zero attached hydrogens (tertiary/aromatic N) is 4. The molecule has 6 nitrogen and oxygen atoms in total. The maximum atomic E-state index is 5.89. The number of fused-ring (bicyclic) bond motifs is 1. The van der Waals surface area contributed by atoms with Crippen molar-refractivity contribution in [2.24, 2.45) is 7.05 Å². The molecule has 3 rings (SSSR count). The Morgan fingerprint density at radius 1 is 1.44 bits per heavy atom. The standard InChI is InChI=1S/C11H10ClN5O/c1-17-6-14-8-9(15-11(12)16-10(8)17)13-5-7-3-2-4-18-7/h2-4,6H,5H2,1H3,(H,13,15,16). The number of halogens is 1. The van der Waals surface area contributed by atoms with Gasteiger partial charge in [-0.25, -0.2) is 4.98 Å². The molecule has 0 saturated carbocycles. The minimum absolute atomic E-state index is 0.188. The summed E-state index contributed by atoms with van der Waals surface area (Å²) in [4.78, 5) is 12.5. The third kappa shape index (κ3) is 1.91. The molecule has 0 fully saturated rings. The molecule has 0 spiro atoms. The topological polar surface area (TPSA) is 68.8 Å². The van der Waals surface area contributed by atoms with Crippen LogP contribution in [0.25, 0.3) is 11.2 Å². The molecule has 0 aliphatic carbocycles. The number of nitrogens with one attached hydrogen (secondary N) is 1. The summed E-state index contributed by atoms with van der Waals surface area (Å²) in [6, 6.07) is 3.71. The zero-order valence-corrected chi connectivity index (χ0v) is 10.3. The molecule has 0 amide bonds. The Morgan fingerprint density at radius 2 is 2.33 bits per heavy atom. The molecule has 7 heteroatoms. The Labute approximate surface area is 108 Å². The fourth-order valence-corrected chi connectivity index (χ4v) is 1.85. The minimum Gasteiger partial charge on any atom is -0.467 e. The van der Waals surface area contributed by atoms with Crippen molar-refractivity contribution in [2.75, 3.05) is 5.32 Å². The molecule has 0 bridgehead atoms. The van der Waals surface area contributed by atoms with Crippen LogP contribution in [-0.2, 0) is 13.6 Å². The van der Waals surface area contributed by atoms with Gasteiger partial charge in [-0.15, -0.1) is 0 Å². The molecule has 0 radical (unpaired) electrons. The van der Waals surface area contributed by atoms with Gasteiger partial charge in [-0.05, 0) is 23.7 Å². The largest absolute Gasteiger partial charge is 0.467 e. The van der Waals surface area contributed by atoms with Gasteiger partial charge in [-0.3, -0.25) is 0 Å². The van der Waals surface area contributed by atoms with E-state index in [2.05, 4.69) is 20.3 Å². The van der Waals surface area contributed by atoms with Crippen LogP contribution >= 0.6 is 11.6 Å². The molecular weight excluding hydrogens is 254 g/mol. The van der Waals surface area contributed by atoms with Crippen molar-refractivity contribution in [1.82, 2.24) is 19.5 Å². The summed E-state index contributed by atoms with van der Waals surface area (Å²) in [5, 5.41) is 3.33. The molecular formula is C11H10ClN5O. The first-order chi connectivity index (χ1) is 8.74. The van der Waals surface area contributed by atoms with Crippen molar-refractivity contribution in [2.45, 2.75) is 6.54 Å². The van der Waals surface area contributed by atoms with E-state index in [1.807, 2.05) is 19.2 Å². The van der Waals surface area contributed by atoms with Crippen LogP contribution in [-0.4, -0.2) is 19.5 Å². The number of imidazole rings is 1. The second kappa shape index (κ2) is 4.30. The highest BCUT2D eigenvalue weighted by atomic mass is 35.5. The molecule has 18 heavy (non-hydrogen) atoms. The summed E-state index contributed by atoms with van der Waals surface area (Å²) >= 11 is 5.89. The number of hydrogen-bond donors (Lipinski definition) is 1. The zero-order valence-electron chi connectivity index (χ0n) is 9.59. The zero-order chi connectivity index (χ0) is 12.5. The number of anilines is 1. The van der Waals surface area contributed by atoms with Crippen molar-refractivity contribution < 1.29 is 4.42 Å². The summed E-state index contributed by atoms with van der Waals surface area (Å²) in [5.74, 6) is 1.41. The lowest BCUT2D eigenvalue weighted by atomic mass is 10.4. The molecule has 0 atom stereocenters. The van der Waals surface area contributed by atoms with E-state index in [1.165, 1.54) is 0 Å². The highest BCUT2D eigenvalue weighted by Crippen LogP contribution is 2.20. The minimum atomic E-state index is 0.188. The predicted molar refractivity (Wildman–Crippen MR) is 67.3 cm³/mol. The van der Waals surface area contributed by atoms with E-state index in [9.17, 15) is 0 Å². The Morgan fingerprint density at radius 3 is 3.11 bits per heavy atom. The second-order valence-corrected chi connectivity index (χ2v) is 4.14. The predicted octanol–water partition coefficient (Wildman–Crippen LogP) is 2.22. The van der Waals surface area contributed by atoms with Crippen LogP contribution in [0.15, 0.2) is 29.1 Å². The Hall–Kier alpha value is -2.08. The van der Waals surface area contributed by atoms with Gasteiger partial charge >= 0.3 is 0 Å². The fourth-order valence-electron chi connectivity index (χ4n) is 1.69. The van der Waals surface area contributed by atoms with Crippen LogP contribution < -0.4 is 5.32 Å². The summed E-state index contributed by atoms with van der Waals surface area (Å²) in [6.07, 6.45) is 3.30. The van der Waals surface area contributed by atoms with E-state index in [4.69, 9.17) is 16.0 Å². The van der Waals surface area contributed by atoms with Crippen molar-refractivity contribution in [3.8, 4) is 0 Å². The lowest BCUT2D eigenvalue weighted by Gasteiger charge is -2.04. The molecule has 92 valence electrons. The molecule has 0 aromatic carbocycles. The maximum absolute atomic E-state index is 5.89. The summed E-state index contributed by atoms with van der Waals surface area (Å²) < 4.78 is 7.03. The normalized spacial score (nSPS) is 11.0. The van der Waals surface area contributed by atoms with Crippen molar-refractivity contribution in [1.29, 1.82) is 0 Å². The molecule has 1 N–H and O–H groups in total. The highest BCUT2D eigenvalue weighted by Gasteiger charge is 2.11. The Balaban J connectivity index is 1.95. The molecule has 0 saturated heterocycles. The van der Waals surface area contributed by atoms with Gasteiger partial charge in [0.05, 0.1) is 19.1 Å². The van der Waals surface area contributed by atoms with Crippen LogP contribution in [0, 0.1) is 0 Å². The number of rotatable bonds is 3. The van der Waals surface area contributed by atoms with Gasteiger partial charge in [-0.1, -0.05) is 0 Å². The second-order valence-electron chi connectivity index (χ2n) is 3.80.